The van der Waals surface area contributed by atoms with Crippen molar-refractivity contribution in [2.75, 3.05) is 0 Å². The third kappa shape index (κ3) is 2.89. The molecule has 2 saturated carbocycles. The topological polar surface area (TPSA) is 32.3 Å². The van der Waals surface area contributed by atoms with Gasteiger partial charge in [0.1, 0.15) is 5.75 Å². The van der Waals surface area contributed by atoms with Crippen molar-refractivity contribution in [1.29, 1.82) is 0 Å². The van der Waals surface area contributed by atoms with Crippen LogP contribution in [-0.2, 0) is 13.0 Å². The molecule has 0 aliphatic heterocycles. The van der Waals surface area contributed by atoms with Crippen LogP contribution < -0.4 is 5.32 Å². The molecular formula is C25H31NO. The summed E-state index contributed by atoms with van der Waals surface area (Å²) in [6, 6.07) is 17.6. The van der Waals surface area contributed by atoms with E-state index in [-0.39, 0.29) is 0 Å². The number of hydrogen-bond donors (Lipinski definition) is 2. The summed E-state index contributed by atoms with van der Waals surface area (Å²) in [5, 5.41) is 13.8. The molecule has 2 nitrogen and oxygen atoms in total. The number of nitrogens with one attached hydrogen (secondary N) is 1. The fourth-order valence-electron chi connectivity index (χ4n) is 6.74. The molecule has 0 amide bonds. The number of phenols is 1. The maximum atomic E-state index is 9.86. The highest BCUT2D eigenvalue weighted by molar-refractivity contribution is 5.40. The first kappa shape index (κ1) is 17.3. The van der Waals surface area contributed by atoms with E-state index >= 15 is 0 Å². The summed E-state index contributed by atoms with van der Waals surface area (Å²) in [5.74, 6) is 2.80. The summed E-state index contributed by atoms with van der Waals surface area (Å²) in [4.78, 5) is 0. The minimum atomic E-state index is 0.430. The molecule has 3 aliphatic carbocycles. The molecule has 142 valence electrons. The number of benzene rings is 2. The Kier molecular flexibility index (Phi) is 4.27. The Hall–Kier alpha value is -1.80. The van der Waals surface area contributed by atoms with Crippen LogP contribution in [0.25, 0.3) is 0 Å². The molecule has 27 heavy (non-hydrogen) atoms. The molecule has 0 spiro atoms. The van der Waals surface area contributed by atoms with Gasteiger partial charge in [-0.05, 0) is 90.5 Å². The van der Waals surface area contributed by atoms with E-state index in [0.717, 1.165) is 24.8 Å². The second-order valence-corrected chi connectivity index (χ2v) is 9.34. The lowest BCUT2D eigenvalue weighted by Gasteiger charge is -2.51. The Bertz CT molecular complexity index is 816. The van der Waals surface area contributed by atoms with Crippen molar-refractivity contribution in [3.8, 4) is 5.75 Å². The van der Waals surface area contributed by atoms with Crippen molar-refractivity contribution < 1.29 is 5.11 Å². The molecule has 5 rings (SSSR count). The summed E-state index contributed by atoms with van der Waals surface area (Å²) in [6.45, 7) is 3.56. The Balaban J connectivity index is 1.34. The molecule has 2 N–H and O–H groups in total. The highest BCUT2D eigenvalue weighted by atomic mass is 16.3. The minimum absolute atomic E-state index is 0.430. The summed E-state index contributed by atoms with van der Waals surface area (Å²) in [6.07, 6.45) is 7.76. The third-order valence-electron chi connectivity index (χ3n) is 8.11. The molecule has 0 bridgehead atoms. The van der Waals surface area contributed by atoms with Crippen LogP contribution in [0.4, 0.5) is 0 Å². The van der Waals surface area contributed by atoms with Gasteiger partial charge in [-0.3, -0.25) is 0 Å². The maximum absolute atomic E-state index is 9.86. The molecule has 0 unspecified atom stereocenters. The van der Waals surface area contributed by atoms with Crippen molar-refractivity contribution in [2.24, 2.45) is 17.3 Å². The summed E-state index contributed by atoms with van der Waals surface area (Å²) < 4.78 is 0. The summed E-state index contributed by atoms with van der Waals surface area (Å²) >= 11 is 0. The van der Waals surface area contributed by atoms with Gasteiger partial charge in [-0.15, -0.1) is 0 Å². The lowest BCUT2D eigenvalue weighted by atomic mass is 9.55. The lowest BCUT2D eigenvalue weighted by molar-refractivity contribution is 0.0408. The second kappa shape index (κ2) is 6.67. The molecule has 2 fully saturated rings. The van der Waals surface area contributed by atoms with Gasteiger partial charge in [-0.1, -0.05) is 43.3 Å². The van der Waals surface area contributed by atoms with Crippen LogP contribution in [0.1, 0.15) is 61.6 Å². The van der Waals surface area contributed by atoms with Crippen LogP contribution in [0.15, 0.2) is 48.5 Å². The van der Waals surface area contributed by atoms with Crippen LogP contribution in [0.3, 0.4) is 0 Å². The molecular weight excluding hydrogens is 330 g/mol. The SMILES string of the molecule is C[C@]12CC[C@@H]3c4ccc(O)cc4CC[C@H]3[C@@H]1CC[C@@H]2NCc1ccccc1. The third-order valence-corrected chi connectivity index (χ3v) is 8.11. The van der Waals surface area contributed by atoms with Gasteiger partial charge in [0.15, 0.2) is 0 Å². The van der Waals surface area contributed by atoms with Crippen molar-refractivity contribution in [1.82, 2.24) is 5.32 Å². The predicted molar refractivity (Wildman–Crippen MR) is 110 cm³/mol. The number of fused-ring (bicyclic) bond motifs is 5. The Morgan fingerprint density at radius 2 is 1.89 bits per heavy atom. The molecule has 2 aromatic rings. The van der Waals surface area contributed by atoms with Crippen LogP contribution in [-0.4, -0.2) is 11.1 Å². The van der Waals surface area contributed by atoms with E-state index in [2.05, 4.69) is 48.6 Å². The molecule has 5 atom stereocenters. The number of rotatable bonds is 3. The first-order valence-electron chi connectivity index (χ1n) is 10.7. The average molecular weight is 362 g/mol. The van der Waals surface area contributed by atoms with Gasteiger partial charge >= 0.3 is 0 Å². The van der Waals surface area contributed by atoms with Crippen molar-refractivity contribution in [2.45, 2.75) is 64.0 Å². The first-order valence-corrected chi connectivity index (χ1v) is 10.7. The van der Waals surface area contributed by atoms with Gasteiger partial charge in [-0.2, -0.15) is 0 Å². The Morgan fingerprint density at radius 1 is 1.04 bits per heavy atom. The van der Waals surface area contributed by atoms with Gasteiger partial charge in [0.2, 0.25) is 0 Å². The molecule has 0 radical (unpaired) electrons. The van der Waals surface area contributed by atoms with E-state index in [4.69, 9.17) is 0 Å². The van der Waals surface area contributed by atoms with Gasteiger partial charge in [-0.25, -0.2) is 0 Å². The number of phenolic OH excluding ortho intramolecular Hbond substituents is 1. The molecule has 0 saturated heterocycles. The van der Waals surface area contributed by atoms with E-state index in [0.29, 0.717) is 23.1 Å². The summed E-state index contributed by atoms with van der Waals surface area (Å²) in [7, 11) is 0. The zero-order chi connectivity index (χ0) is 18.4. The second-order valence-electron chi connectivity index (χ2n) is 9.34. The average Bonchev–Trinajstić information content (AvgIpc) is 3.03. The van der Waals surface area contributed by atoms with E-state index in [1.807, 2.05) is 12.1 Å². The zero-order valence-corrected chi connectivity index (χ0v) is 16.3. The smallest absolute Gasteiger partial charge is 0.115 e. The molecule has 2 heteroatoms. The molecule has 0 heterocycles. The van der Waals surface area contributed by atoms with E-state index in [1.54, 1.807) is 0 Å². The number of hydrogen-bond acceptors (Lipinski definition) is 2. The van der Waals surface area contributed by atoms with Crippen LogP contribution in [0.5, 0.6) is 5.75 Å². The Labute approximate surface area is 163 Å². The van der Waals surface area contributed by atoms with Gasteiger partial charge in [0, 0.05) is 12.6 Å². The van der Waals surface area contributed by atoms with E-state index in [1.165, 1.54) is 48.8 Å². The standard InChI is InChI=1S/C25H31NO/c1-25-14-13-21-20-10-8-19(27)15-18(20)7-9-22(21)23(25)11-12-24(25)26-16-17-5-3-2-4-6-17/h2-6,8,10,15,21-24,26-27H,7,9,11-14,16H2,1H3/t21-,22-,23+,24+,25+/m1/s1. The highest BCUT2D eigenvalue weighted by Crippen LogP contribution is 2.61. The molecule has 0 aromatic heterocycles. The predicted octanol–water partition coefficient (Wildman–Crippen LogP) is 5.41. The quantitative estimate of drug-likeness (QED) is 0.766. The van der Waals surface area contributed by atoms with Crippen molar-refractivity contribution in [3.05, 3.63) is 65.2 Å². The normalized spacial score (nSPS) is 34.6. The lowest BCUT2D eigenvalue weighted by Crippen LogP contribution is -2.48. The van der Waals surface area contributed by atoms with Crippen molar-refractivity contribution >= 4 is 0 Å². The maximum Gasteiger partial charge on any atom is 0.115 e. The van der Waals surface area contributed by atoms with Crippen LogP contribution in [0, 0.1) is 17.3 Å². The van der Waals surface area contributed by atoms with E-state index in [9.17, 15) is 5.11 Å². The fourth-order valence-corrected chi connectivity index (χ4v) is 6.74. The number of aromatic hydroxyl groups is 1. The zero-order valence-electron chi connectivity index (χ0n) is 16.3. The highest BCUT2D eigenvalue weighted by Gasteiger charge is 2.54. The van der Waals surface area contributed by atoms with Gasteiger partial charge < -0.3 is 10.4 Å². The Morgan fingerprint density at radius 3 is 2.74 bits per heavy atom. The molecule has 3 aliphatic rings. The van der Waals surface area contributed by atoms with E-state index < -0.39 is 0 Å². The molecule has 2 aromatic carbocycles. The number of aryl methyl sites for hydroxylation is 1. The van der Waals surface area contributed by atoms with Crippen molar-refractivity contribution in [3.63, 3.8) is 0 Å². The van der Waals surface area contributed by atoms with Crippen LogP contribution in [0.2, 0.25) is 0 Å². The fraction of sp³-hybridized carbons (Fsp3) is 0.520. The van der Waals surface area contributed by atoms with Gasteiger partial charge in [0.25, 0.3) is 0 Å². The largest absolute Gasteiger partial charge is 0.508 e. The minimum Gasteiger partial charge on any atom is -0.508 e. The van der Waals surface area contributed by atoms with Crippen LogP contribution >= 0.6 is 0 Å². The first-order chi connectivity index (χ1) is 13.1. The summed E-state index contributed by atoms with van der Waals surface area (Å²) in [5.41, 5.74) is 4.76. The van der Waals surface area contributed by atoms with Gasteiger partial charge in [0.05, 0.1) is 0 Å². The monoisotopic (exact) mass is 361 g/mol.